The van der Waals surface area contributed by atoms with Gasteiger partial charge in [-0.3, -0.25) is 0 Å². The van der Waals surface area contributed by atoms with Crippen LogP contribution >= 0.6 is 31.9 Å². The van der Waals surface area contributed by atoms with E-state index in [0.29, 0.717) is 0 Å². The van der Waals surface area contributed by atoms with Crippen molar-refractivity contribution in [2.75, 3.05) is 10.6 Å². The minimum atomic E-state index is -0.502. The van der Waals surface area contributed by atoms with Gasteiger partial charge in [0.25, 0.3) is 0 Å². The summed E-state index contributed by atoms with van der Waals surface area (Å²) in [4.78, 5) is 0. The predicted molar refractivity (Wildman–Crippen MR) is 27.6 cm³/mol. The van der Waals surface area contributed by atoms with Crippen molar-refractivity contribution in [3.05, 3.63) is 0 Å². The van der Waals surface area contributed by atoms with Crippen LogP contribution in [0.3, 0.4) is 0 Å². The molecular formula is C2H4Br2. The van der Waals surface area contributed by atoms with Crippen LogP contribution in [0.5, 0.6) is 0 Å². The Balaban J connectivity index is 2.99. The standard InChI is InChI=1S/C2H4Br2/c3-1-2-4/h1-2H2/i1D,2D/t1-,2+. The molecule has 2 heteroatoms. The first kappa shape index (κ1) is 2.19. The molecular weight excluding hydrogens is 184 g/mol. The summed E-state index contributed by atoms with van der Waals surface area (Å²) in [5.41, 5.74) is 0. The number of halogens is 2. The smallest absolute Gasteiger partial charge is 0.0395 e. The lowest BCUT2D eigenvalue weighted by Crippen LogP contribution is -1.61. The van der Waals surface area contributed by atoms with Gasteiger partial charge >= 0.3 is 0 Å². The summed E-state index contributed by atoms with van der Waals surface area (Å²) in [6.45, 7) is 0. The van der Waals surface area contributed by atoms with E-state index in [0.717, 1.165) is 0 Å². The van der Waals surface area contributed by atoms with Crippen molar-refractivity contribution < 1.29 is 2.74 Å². The maximum absolute atomic E-state index is 6.71. The molecule has 0 saturated carbocycles. The molecule has 0 N–H and O–H groups in total. The van der Waals surface area contributed by atoms with Crippen LogP contribution in [0.2, 0.25) is 0 Å². The van der Waals surface area contributed by atoms with Gasteiger partial charge in [-0.05, 0) is 0 Å². The van der Waals surface area contributed by atoms with Crippen LogP contribution in [0.25, 0.3) is 0 Å². The third-order valence-electron chi connectivity index (χ3n) is 0.0476. The molecule has 0 fully saturated rings. The third kappa shape index (κ3) is 2.96. The van der Waals surface area contributed by atoms with Gasteiger partial charge in [0.15, 0.2) is 0 Å². The van der Waals surface area contributed by atoms with Crippen molar-refractivity contribution in [2.24, 2.45) is 0 Å². The van der Waals surface area contributed by atoms with Crippen molar-refractivity contribution in [1.82, 2.24) is 0 Å². The van der Waals surface area contributed by atoms with E-state index in [1.807, 2.05) is 0 Å². The van der Waals surface area contributed by atoms with E-state index in [-0.39, 0.29) is 0 Å². The third-order valence-corrected chi connectivity index (χ3v) is 1.29. The van der Waals surface area contributed by atoms with Gasteiger partial charge in [-0.1, -0.05) is 31.9 Å². The molecule has 0 aliphatic carbocycles. The first-order valence-corrected chi connectivity index (χ1v) is 2.60. The molecule has 0 heterocycles. The number of hydrogen-bond donors (Lipinski definition) is 0. The van der Waals surface area contributed by atoms with Crippen molar-refractivity contribution in [3.63, 3.8) is 0 Å². The van der Waals surface area contributed by atoms with Crippen molar-refractivity contribution in [1.29, 1.82) is 0 Å². The first-order chi connectivity index (χ1) is 2.64. The quantitative estimate of drug-likeness (QED) is 0.552. The lowest BCUT2D eigenvalue weighted by Gasteiger charge is -1.63. The minimum Gasteiger partial charge on any atom is -0.0919 e. The summed E-state index contributed by atoms with van der Waals surface area (Å²) in [7, 11) is 0. The lowest BCUT2D eigenvalue weighted by molar-refractivity contribution is 1.62. The Bertz CT molecular complexity index is 30.5. The Hall–Kier alpha value is 0.960. The molecule has 0 aliphatic heterocycles. The second-order valence-corrected chi connectivity index (χ2v) is 1.31. The topological polar surface area (TPSA) is 0 Å². The molecule has 0 amide bonds. The molecule has 0 aromatic carbocycles. The zero-order chi connectivity index (χ0) is 5.15. The molecule has 0 aromatic heterocycles. The van der Waals surface area contributed by atoms with Crippen LogP contribution in [0.1, 0.15) is 2.74 Å². The summed E-state index contributed by atoms with van der Waals surface area (Å²) in [5.74, 6) is 0. The number of hydrogen-bond acceptors (Lipinski definition) is 0. The lowest BCUT2D eigenvalue weighted by atomic mass is 11.0. The molecule has 2 atom stereocenters. The summed E-state index contributed by atoms with van der Waals surface area (Å²) >= 11 is 5.74. The maximum atomic E-state index is 6.71. The van der Waals surface area contributed by atoms with Crippen molar-refractivity contribution >= 4 is 31.9 Å². The van der Waals surface area contributed by atoms with Gasteiger partial charge in [-0.15, -0.1) is 0 Å². The SMILES string of the molecule is [2H][C@H](Br)[C@@H]([2H])Br. The van der Waals surface area contributed by atoms with E-state index in [2.05, 4.69) is 31.9 Å². The van der Waals surface area contributed by atoms with Gasteiger partial charge < -0.3 is 0 Å². The molecule has 0 radical (unpaired) electrons. The fourth-order valence-electron chi connectivity index (χ4n) is 0. The van der Waals surface area contributed by atoms with Gasteiger partial charge in [-0.2, -0.15) is 0 Å². The van der Waals surface area contributed by atoms with E-state index >= 15 is 0 Å². The average Bonchev–Trinajstić information content (AvgIpc) is 1.36. The summed E-state index contributed by atoms with van der Waals surface area (Å²) < 4.78 is 13.4. The van der Waals surface area contributed by atoms with E-state index in [1.54, 1.807) is 0 Å². The fraction of sp³-hybridized carbons (Fsp3) is 1.00. The molecule has 0 spiro atoms. The van der Waals surface area contributed by atoms with Gasteiger partial charge in [0.2, 0.25) is 0 Å². The fourth-order valence-corrected chi connectivity index (χ4v) is 0. The predicted octanol–water partition coefficient (Wildman–Crippen LogP) is 1.78. The van der Waals surface area contributed by atoms with E-state index in [9.17, 15) is 0 Å². The van der Waals surface area contributed by atoms with Gasteiger partial charge in [-0.25, -0.2) is 0 Å². The highest BCUT2D eigenvalue weighted by molar-refractivity contribution is 9.11. The first-order valence-electron chi connectivity index (χ1n) is 1.92. The Morgan fingerprint density at radius 2 is 1.75 bits per heavy atom. The molecule has 0 aliphatic rings. The van der Waals surface area contributed by atoms with Crippen LogP contribution in [-0.4, -0.2) is 10.6 Å². The highest BCUT2D eigenvalue weighted by Crippen LogP contribution is 1.82. The Kier molecular flexibility index (Phi) is 2.17. The van der Waals surface area contributed by atoms with Crippen molar-refractivity contribution in [3.8, 4) is 0 Å². The Morgan fingerprint density at radius 3 is 1.75 bits per heavy atom. The normalized spacial score (nSPS) is 30.5. The molecule has 0 nitrogen and oxygen atoms in total. The summed E-state index contributed by atoms with van der Waals surface area (Å²) in [5, 5.41) is -1.00. The highest BCUT2D eigenvalue weighted by atomic mass is 79.9. The zero-order valence-corrected chi connectivity index (χ0v) is 5.08. The zero-order valence-electron chi connectivity index (χ0n) is 3.91. The summed E-state index contributed by atoms with van der Waals surface area (Å²) in [6, 6.07) is 0. The second kappa shape index (κ2) is 3.96. The highest BCUT2D eigenvalue weighted by Gasteiger charge is 1.60. The minimum absolute atomic E-state index is 0.502. The summed E-state index contributed by atoms with van der Waals surface area (Å²) in [6.07, 6.45) is 0. The number of alkyl halides is 2. The molecule has 0 unspecified atom stereocenters. The average molecular weight is 190 g/mol. The van der Waals surface area contributed by atoms with Crippen LogP contribution in [0.15, 0.2) is 0 Å². The van der Waals surface area contributed by atoms with Crippen LogP contribution in [0, 0.1) is 0 Å². The molecule has 0 bridgehead atoms. The monoisotopic (exact) mass is 188 g/mol. The van der Waals surface area contributed by atoms with Crippen LogP contribution in [0.4, 0.5) is 0 Å². The van der Waals surface area contributed by atoms with Gasteiger partial charge in [0.1, 0.15) is 0 Å². The van der Waals surface area contributed by atoms with Crippen molar-refractivity contribution in [2.45, 2.75) is 0 Å². The second-order valence-electron chi connectivity index (χ2n) is 0.252. The molecule has 0 aromatic rings. The molecule has 26 valence electrons. The Labute approximate surface area is 45.6 Å². The van der Waals surface area contributed by atoms with E-state index < -0.39 is 10.6 Å². The largest absolute Gasteiger partial charge is 0.0919 e. The molecule has 0 rings (SSSR count). The molecule has 0 saturated heterocycles. The van der Waals surface area contributed by atoms with E-state index in [1.165, 1.54) is 0 Å². The number of rotatable bonds is 1. The maximum Gasteiger partial charge on any atom is 0.0395 e. The van der Waals surface area contributed by atoms with E-state index in [4.69, 9.17) is 2.74 Å². The van der Waals surface area contributed by atoms with Gasteiger partial charge in [0.05, 0.1) is 0 Å². The Morgan fingerprint density at radius 1 is 1.50 bits per heavy atom. The molecule has 4 heavy (non-hydrogen) atoms. The van der Waals surface area contributed by atoms with Crippen LogP contribution in [-0.2, 0) is 0 Å². The van der Waals surface area contributed by atoms with Gasteiger partial charge in [0, 0.05) is 13.4 Å². The van der Waals surface area contributed by atoms with Crippen LogP contribution < -0.4 is 0 Å².